The molecule has 5 nitrogen and oxygen atoms in total. The highest BCUT2D eigenvalue weighted by atomic mass is 32.2. The van der Waals surface area contributed by atoms with Crippen molar-refractivity contribution in [3.05, 3.63) is 59.0 Å². The zero-order valence-corrected chi connectivity index (χ0v) is 14.9. The molecule has 1 aliphatic rings. The number of benzene rings is 2. The Labute approximate surface area is 150 Å². The Hall–Kier alpha value is -2.73. The molecular weight excluding hydrogens is 338 g/mol. The van der Waals surface area contributed by atoms with E-state index in [1.807, 2.05) is 31.2 Å². The van der Waals surface area contributed by atoms with Crippen LogP contribution in [0.2, 0.25) is 0 Å². The van der Waals surface area contributed by atoms with Gasteiger partial charge in [0.1, 0.15) is 11.5 Å². The van der Waals surface area contributed by atoms with E-state index < -0.39 is 0 Å². The standard InChI is InChI=1S/C19H17NO4S/c1-12(13-7-9-15(23-2)10-8-13)17-18(21)20(19(22)25-17)14-5-4-6-16(11-14)24-3/h4-11H,1-3H3/b17-12-. The van der Waals surface area contributed by atoms with E-state index in [4.69, 9.17) is 9.47 Å². The van der Waals surface area contributed by atoms with Gasteiger partial charge < -0.3 is 9.47 Å². The van der Waals surface area contributed by atoms with Crippen LogP contribution >= 0.6 is 11.8 Å². The lowest BCUT2D eigenvalue weighted by molar-refractivity contribution is -0.113. The van der Waals surface area contributed by atoms with Crippen LogP contribution in [-0.4, -0.2) is 25.4 Å². The molecule has 25 heavy (non-hydrogen) atoms. The van der Waals surface area contributed by atoms with Crippen LogP contribution in [-0.2, 0) is 4.79 Å². The SMILES string of the molecule is COc1ccc(/C(C)=C2\SC(=O)N(c3cccc(OC)c3)C2=O)cc1. The van der Waals surface area contributed by atoms with Crippen molar-refractivity contribution in [2.75, 3.05) is 19.1 Å². The molecule has 1 heterocycles. The second-order valence-electron chi connectivity index (χ2n) is 5.39. The number of nitrogens with zero attached hydrogens (tertiary/aromatic N) is 1. The maximum Gasteiger partial charge on any atom is 0.298 e. The molecule has 1 saturated heterocycles. The summed E-state index contributed by atoms with van der Waals surface area (Å²) in [5.74, 6) is 1.00. The lowest BCUT2D eigenvalue weighted by Gasteiger charge is -2.13. The number of ether oxygens (including phenoxy) is 2. The minimum Gasteiger partial charge on any atom is -0.497 e. The molecule has 6 heteroatoms. The van der Waals surface area contributed by atoms with Crippen molar-refractivity contribution in [2.45, 2.75) is 6.92 Å². The summed E-state index contributed by atoms with van der Waals surface area (Å²) in [7, 11) is 3.14. The Balaban J connectivity index is 1.96. The molecule has 0 unspecified atom stereocenters. The number of thioether (sulfide) groups is 1. The molecule has 1 aliphatic heterocycles. The number of carbonyl (C=O) groups excluding carboxylic acids is 2. The number of allylic oxidation sites excluding steroid dienone is 1. The van der Waals surface area contributed by atoms with Crippen molar-refractivity contribution < 1.29 is 19.1 Å². The molecule has 0 radical (unpaired) electrons. The van der Waals surface area contributed by atoms with Gasteiger partial charge in [-0.1, -0.05) is 18.2 Å². The molecule has 0 spiro atoms. The number of hydrogen-bond donors (Lipinski definition) is 0. The van der Waals surface area contributed by atoms with E-state index in [1.165, 1.54) is 4.90 Å². The highest BCUT2D eigenvalue weighted by molar-refractivity contribution is 8.19. The maximum atomic E-state index is 12.8. The number of amides is 2. The topological polar surface area (TPSA) is 55.8 Å². The van der Waals surface area contributed by atoms with Gasteiger partial charge >= 0.3 is 0 Å². The molecule has 2 aromatic carbocycles. The molecule has 128 valence electrons. The average molecular weight is 355 g/mol. The number of methoxy groups -OCH3 is 2. The minimum absolute atomic E-state index is 0.318. The van der Waals surface area contributed by atoms with E-state index in [0.717, 1.165) is 28.6 Å². The smallest absolute Gasteiger partial charge is 0.298 e. The first-order valence-corrected chi connectivity index (χ1v) is 8.42. The summed E-state index contributed by atoms with van der Waals surface area (Å²) in [6.45, 7) is 1.84. The third-order valence-electron chi connectivity index (χ3n) is 3.94. The summed E-state index contributed by atoms with van der Waals surface area (Å²) in [6, 6.07) is 14.3. The van der Waals surface area contributed by atoms with Gasteiger partial charge in [-0.05, 0) is 54.1 Å². The van der Waals surface area contributed by atoms with Gasteiger partial charge in [0.05, 0.1) is 24.8 Å². The summed E-state index contributed by atoms with van der Waals surface area (Å²) in [5.41, 5.74) is 2.13. The normalized spacial score (nSPS) is 16.2. The third kappa shape index (κ3) is 3.25. The highest BCUT2D eigenvalue weighted by Crippen LogP contribution is 2.39. The highest BCUT2D eigenvalue weighted by Gasteiger charge is 2.37. The average Bonchev–Trinajstić information content (AvgIpc) is 2.95. The lowest BCUT2D eigenvalue weighted by atomic mass is 10.1. The Kier molecular flexibility index (Phi) is 4.81. The molecular formula is C19H17NO4S. The van der Waals surface area contributed by atoms with Gasteiger partial charge in [-0.2, -0.15) is 0 Å². The Morgan fingerprint density at radius 1 is 0.960 bits per heavy atom. The molecule has 1 fully saturated rings. The molecule has 3 rings (SSSR count). The van der Waals surface area contributed by atoms with E-state index in [-0.39, 0.29) is 11.1 Å². The van der Waals surface area contributed by atoms with Crippen LogP contribution in [0.25, 0.3) is 5.57 Å². The van der Waals surface area contributed by atoms with Crippen LogP contribution in [0, 0.1) is 0 Å². The van der Waals surface area contributed by atoms with Crippen LogP contribution in [0.1, 0.15) is 12.5 Å². The molecule has 0 atom stereocenters. The van der Waals surface area contributed by atoms with Crippen LogP contribution < -0.4 is 14.4 Å². The summed E-state index contributed by atoms with van der Waals surface area (Å²) in [6.07, 6.45) is 0. The Morgan fingerprint density at radius 3 is 2.28 bits per heavy atom. The lowest BCUT2D eigenvalue weighted by Crippen LogP contribution is -2.27. The summed E-state index contributed by atoms with van der Waals surface area (Å²) < 4.78 is 10.3. The first kappa shape index (κ1) is 17.1. The molecule has 2 amide bonds. The first-order valence-electron chi connectivity index (χ1n) is 7.60. The van der Waals surface area contributed by atoms with Crippen LogP contribution in [0.5, 0.6) is 11.5 Å². The Morgan fingerprint density at radius 2 is 1.64 bits per heavy atom. The second-order valence-corrected chi connectivity index (χ2v) is 6.35. The van der Waals surface area contributed by atoms with Crippen molar-refractivity contribution in [2.24, 2.45) is 0 Å². The van der Waals surface area contributed by atoms with Crippen molar-refractivity contribution in [1.29, 1.82) is 0 Å². The summed E-state index contributed by atoms with van der Waals surface area (Å²) >= 11 is 0.948. The van der Waals surface area contributed by atoms with Crippen molar-refractivity contribution in [3.63, 3.8) is 0 Å². The molecule has 0 N–H and O–H groups in total. The number of anilines is 1. The van der Waals surface area contributed by atoms with Gasteiger partial charge in [-0.3, -0.25) is 9.59 Å². The molecule has 0 saturated carbocycles. The van der Waals surface area contributed by atoms with E-state index in [0.29, 0.717) is 16.3 Å². The fraction of sp³-hybridized carbons (Fsp3) is 0.158. The third-order valence-corrected chi connectivity index (χ3v) is 4.99. The maximum absolute atomic E-state index is 12.8. The fourth-order valence-electron chi connectivity index (χ4n) is 2.54. The van der Waals surface area contributed by atoms with Gasteiger partial charge in [0.25, 0.3) is 11.1 Å². The van der Waals surface area contributed by atoms with Crippen molar-refractivity contribution in [3.8, 4) is 11.5 Å². The second kappa shape index (κ2) is 7.03. The van der Waals surface area contributed by atoms with Gasteiger partial charge in [0, 0.05) is 6.07 Å². The van der Waals surface area contributed by atoms with Crippen molar-refractivity contribution >= 4 is 34.2 Å². The quantitative estimate of drug-likeness (QED) is 0.764. The summed E-state index contributed by atoms with van der Waals surface area (Å²) in [4.78, 5) is 26.8. The van der Waals surface area contributed by atoms with E-state index in [9.17, 15) is 9.59 Å². The predicted molar refractivity (Wildman–Crippen MR) is 99.1 cm³/mol. The van der Waals surface area contributed by atoms with Gasteiger partial charge in [-0.25, -0.2) is 4.90 Å². The number of rotatable bonds is 4. The molecule has 0 bridgehead atoms. The van der Waals surface area contributed by atoms with E-state index >= 15 is 0 Å². The van der Waals surface area contributed by atoms with Gasteiger partial charge in [0.15, 0.2) is 0 Å². The molecule has 0 aromatic heterocycles. The van der Waals surface area contributed by atoms with Gasteiger partial charge in [0.2, 0.25) is 0 Å². The number of hydrogen-bond acceptors (Lipinski definition) is 5. The van der Waals surface area contributed by atoms with Crippen LogP contribution in [0.15, 0.2) is 53.4 Å². The number of imide groups is 1. The van der Waals surface area contributed by atoms with E-state index in [1.54, 1.807) is 38.5 Å². The summed E-state index contributed by atoms with van der Waals surface area (Å²) in [5, 5.41) is -0.318. The zero-order chi connectivity index (χ0) is 18.0. The monoisotopic (exact) mass is 355 g/mol. The van der Waals surface area contributed by atoms with Crippen LogP contribution in [0.3, 0.4) is 0 Å². The molecule has 0 aliphatic carbocycles. The molecule has 2 aromatic rings. The number of carbonyl (C=O) groups is 2. The van der Waals surface area contributed by atoms with Crippen LogP contribution in [0.4, 0.5) is 10.5 Å². The predicted octanol–water partition coefficient (Wildman–Crippen LogP) is 4.33. The van der Waals surface area contributed by atoms with E-state index in [2.05, 4.69) is 0 Å². The largest absolute Gasteiger partial charge is 0.497 e. The minimum atomic E-state index is -0.323. The zero-order valence-electron chi connectivity index (χ0n) is 14.1. The first-order chi connectivity index (χ1) is 12.0. The fourth-order valence-corrected chi connectivity index (χ4v) is 3.45. The Bertz CT molecular complexity index is 858. The van der Waals surface area contributed by atoms with Gasteiger partial charge in [-0.15, -0.1) is 0 Å². The van der Waals surface area contributed by atoms with Crippen molar-refractivity contribution in [1.82, 2.24) is 0 Å².